The highest BCUT2D eigenvalue weighted by molar-refractivity contribution is 5.94. The van der Waals surface area contributed by atoms with E-state index in [1.165, 1.54) is 5.56 Å². The van der Waals surface area contributed by atoms with Gasteiger partial charge in [0.2, 0.25) is 0 Å². The second kappa shape index (κ2) is 6.19. The van der Waals surface area contributed by atoms with Gasteiger partial charge in [0.25, 0.3) is 0 Å². The summed E-state index contributed by atoms with van der Waals surface area (Å²) in [6, 6.07) is 11.9. The summed E-state index contributed by atoms with van der Waals surface area (Å²) in [6.45, 7) is 3.79. The molecule has 0 aliphatic rings. The van der Waals surface area contributed by atoms with Gasteiger partial charge in [-0.2, -0.15) is 0 Å². The molecular weight excluding hydrogens is 252 g/mol. The number of nitrogens with zero attached hydrogens (tertiary/aromatic N) is 1. The van der Waals surface area contributed by atoms with E-state index in [1.807, 2.05) is 25.1 Å². The summed E-state index contributed by atoms with van der Waals surface area (Å²) >= 11 is 0. The maximum atomic E-state index is 11.3. The Balaban J connectivity index is 2.14. The third-order valence-corrected chi connectivity index (χ3v) is 3.14. The first-order chi connectivity index (χ1) is 9.58. The first-order valence-electron chi connectivity index (χ1n) is 6.57. The molecule has 104 valence electrons. The topological polar surface area (TPSA) is 62.2 Å². The maximum Gasteiger partial charge on any atom is 0.339 e. The first kappa shape index (κ1) is 14.1. The van der Waals surface area contributed by atoms with Crippen LogP contribution in [0.5, 0.6) is 0 Å². The van der Waals surface area contributed by atoms with Gasteiger partial charge in [0.1, 0.15) is 11.4 Å². The molecule has 1 aromatic carbocycles. The molecule has 0 aliphatic heterocycles. The van der Waals surface area contributed by atoms with Crippen molar-refractivity contribution in [1.29, 1.82) is 0 Å². The van der Waals surface area contributed by atoms with E-state index in [9.17, 15) is 9.90 Å². The second-order valence-corrected chi connectivity index (χ2v) is 4.89. The first-order valence-corrected chi connectivity index (χ1v) is 6.57. The Hall–Kier alpha value is -2.36. The maximum absolute atomic E-state index is 11.3. The number of benzene rings is 1. The number of carbonyl (C=O) groups is 1. The van der Waals surface area contributed by atoms with E-state index in [1.54, 1.807) is 19.2 Å². The quantitative estimate of drug-likeness (QED) is 0.876. The van der Waals surface area contributed by atoms with Crippen molar-refractivity contribution in [3.05, 3.63) is 59.3 Å². The van der Waals surface area contributed by atoms with Crippen molar-refractivity contribution in [3.8, 4) is 0 Å². The Bertz CT molecular complexity index is 597. The molecule has 0 fully saturated rings. The minimum absolute atomic E-state index is 0.102. The number of rotatable bonds is 5. The van der Waals surface area contributed by atoms with E-state index in [-0.39, 0.29) is 11.6 Å². The molecule has 0 radical (unpaired) electrons. The van der Waals surface area contributed by atoms with E-state index >= 15 is 0 Å². The molecule has 4 heteroatoms. The Morgan fingerprint density at radius 3 is 2.65 bits per heavy atom. The molecule has 1 atom stereocenters. The fraction of sp³-hybridized carbons (Fsp3) is 0.250. The Labute approximate surface area is 118 Å². The number of aromatic carboxylic acids is 1. The number of hydrogen-bond acceptors (Lipinski definition) is 3. The fourth-order valence-corrected chi connectivity index (χ4v) is 2.19. The van der Waals surface area contributed by atoms with Crippen LogP contribution < -0.4 is 5.32 Å². The predicted octanol–water partition coefficient (Wildman–Crippen LogP) is 3.13. The normalized spacial score (nSPS) is 11.9. The van der Waals surface area contributed by atoms with Crippen LogP contribution in [-0.4, -0.2) is 22.1 Å². The van der Waals surface area contributed by atoms with Gasteiger partial charge < -0.3 is 10.4 Å². The van der Waals surface area contributed by atoms with Crippen LogP contribution in [0.1, 0.15) is 28.4 Å². The summed E-state index contributed by atoms with van der Waals surface area (Å²) in [5.41, 5.74) is 2.16. The van der Waals surface area contributed by atoms with E-state index in [2.05, 4.69) is 22.4 Å². The molecule has 0 aliphatic carbocycles. The van der Waals surface area contributed by atoms with Crippen molar-refractivity contribution in [2.24, 2.45) is 0 Å². The van der Waals surface area contributed by atoms with Gasteiger partial charge in [-0.3, -0.25) is 0 Å². The van der Waals surface area contributed by atoms with Crippen molar-refractivity contribution in [2.75, 3.05) is 5.32 Å². The van der Waals surface area contributed by atoms with Gasteiger partial charge in [-0.15, -0.1) is 0 Å². The minimum atomic E-state index is -0.954. The molecule has 20 heavy (non-hydrogen) atoms. The van der Waals surface area contributed by atoms with Crippen molar-refractivity contribution in [2.45, 2.75) is 26.3 Å². The molecule has 1 aromatic heterocycles. The number of carboxylic acids is 1. The second-order valence-electron chi connectivity index (χ2n) is 4.89. The monoisotopic (exact) mass is 270 g/mol. The molecule has 1 heterocycles. The number of pyridine rings is 1. The van der Waals surface area contributed by atoms with Crippen LogP contribution in [0.25, 0.3) is 0 Å². The Morgan fingerprint density at radius 2 is 2.00 bits per heavy atom. The minimum Gasteiger partial charge on any atom is -0.478 e. The van der Waals surface area contributed by atoms with Gasteiger partial charge in [0.05, 0.1) is 0 Å². The molecule has 2 aromatic rings. The van der Waals surface area contributed by atoms with Gasteiger partial charge >= 0.3 is 5.97 Å². The summed E-state index contributed by atoms with van der Waals surface area (Å²) in [5, 5.41) is 12.5. The number of hydrogen-bond donors (Lipinski definition) is 2. The van der Waals surface area contributed by atoms with Crippen LogP contribution in [0.15, 0.2) is 42.6 Å². The standard InChI is InChI=1S/C16H18N2O2/c1-11-8-9-17-15(14(11)16(19)20)18-12(2)10-13-6-4-3-5-7-13/h3-9,12H,10H2,1-2H3,(H,17,18)(H,19,20). The highest BCUT2D eigenvalue weighted by Crippen LogP contribution is 2.18. The van der Waals surface area contributed by atoms with Crippen molar-refractivity contribution >= 4 is 11.8 Å². The zero-order valence-electron chi connectivity index (χ0n) is 11.6. The molecule has 1 unspecified atom stereocenters. The van der Waals surface area contributed by atoms with Gasteiger partial charge in [0, 0.05) is 12.2 Å². The van der Waals surface area contributed by atoms with Gasteiger partial charge in [-0.25, -0.2) is 9.78 Å². The van der Waals surface area contributed by atoms with Crippen LogP contribution >= 0.6 is 0 Å². The van der Waals surface area contributed by atoms with Crippen LogP contribution in [0, 0.1) is 6.92 Å². The van der Waals surface area contributed by atoms with Gasteiger partial charge in [-0.05, 0) is 37.5 Å². The average Bonchev–Trinajstić information content (AvgIpc) is 2.39. The van der Waals surface area contributed by atoms with Gasteiger partial charge in [0.15, 0.2) is 0 Å². The molecule has 0 saturated heterocycles. The summed E-state index contributed by atoms with van der Waals surface area (Å²) in [4.78, 5) is 15.5. The van der Waals surface area contributed by atoms with Crippen LogP contribution in [0.2, 0.25) is 0 Å². The Morgan fingerprint density at radius 1 is 1.30 bits per heavy atom. The van der Waals surface area contributed by atoms with Crippen LogP contribution in [-0.2, 0) is 6.42 Å². The Kier molecular flexibility index (Phi) is 4.35. The zero-order chi connectivity index (χ0) is 14.5. The fourth-order valence-electron chi connectivity index (χ4n) is 2.19. The highest BCUT2D eigenvalue weighted by Gasteiger charge is 2.16. The molecule has 0 amide bonds. The lowest BCUT2D eigenvalue weighted by molar-refractivity contribution is 0.0697. The number of anilines is 1. The largest absolute Gasteiger partial charge is 0.478 e. The third-order valence-electron chi connectivity index (χ3n) is 3.14. The number of carboxylic acid groups (broad SMARTS) is 1. The zero-order valence-corrected chi connectivity index (χ0v) is 11.6. The molecule has 2 rings (SSSR count). The smallest absolute Gasteiger partial charge is 0.339 e. The molecule has 0 spiro atoms. The lowest BCUT2D eigenvalue weighted by Crippen LogP contribution is -2.21. The van der Waals surface area contributed by atoms with E-state index in [4.69, 9.17) is 0 Å². The summed E-state index contributed by atoms with van der Waals surface area (Å²) in [6.07, 6.45) is 2.44. The summed E-state index contributed by atoms with van der Waals surface area (Å²) in [5.74, 6) is -0.522. The van der Waals surface area contributed by atoms with Crippen molar-refractivity contribution < 1.29 is 9.90 Å². The van der Waals surface area contributed by atoms with Gasteiger partial charge in [-0.1, -0.05) is 30.3 Å². The predicted molar refractivity (Wildman–Crippen MR) is 79.2 cm³/mol. The summed E-state index contributed by atoms with van der Waals surface area (Å²) < 4.78 is 0. The van der Waals surface area contributed by atoms with E-state index < -0.39 is 5.97 Å². The van der Waals surface area contributed by atoms with Crippen LogP contribution in [0.3, 0.4) is 0 Å². The van der Waals surface area contributed by atoms with E-state index in [0.717, 1.165) is 6.42 Å². The number of aryl methyl sites for hydroxylation is 1. The van der Waals surface area contributed by atoms with Crippen molar-refractivity contribution in [3.63, 3.8) is 0 Å². The lowest BCUT2D eigenvalue weighted by Gasteiger charge is -2.17. The highest BCUT2D eigenvalue weighted by atomic mass is 16.4. The SMILES string of the molecule is Cc1ccnc(NC(C)Cc2ccccc2)c1C(=O)O. The molecule has 0 saturated carbocycles. The summed E-state index contributed by atoms with van der Waals surface area (Å²) in [7, 11) is 0. The lowest BCUT2D eigenvalue weighted by atomic mass is 10.1. The molecular formula is C16H18N2O2. The van der Waals surface area contributed by atoms with Crippen LogP contribution in [0.4, 0.5) is 5.82 Å². The molecule has 0 bridgehead atoms. The molecule has 2 N–H and O–H groups in total. The number of nitrogens with one attached hydrogen (secondary N) is 1. The molecule has 4 nitrogen and oxygen atoms in total. The average molecular weight is 270 g/mol. The van der Waals surface area contributed by atoms with Crippen molar-refractivity contribution in [1.82, 2.24) is 4.98 Å². The number of aromatic nitrogens is 1. The third kappa shape index (κ3) is 3.35. The van der Waals surface area contributed by atoms with E-state index in [0.29, 0.717) is 11.4 Å².